The largest absolute Gasteiger partial charge is 0.482 e. The van der Waals surface area contributed by atoms with E-state index in [4.69, 9.17) is 4.74 Å². The zero-order chi connectivity index (χ0) is 20.8. The number of fused-ring (bicyclic) bond motifs is 2. The normalized spacial score (nSPS) is 13.7. The van der Waals surface area contributed by atoms with Crippen LogP contribution in [-0.4, -0.2) is 43.6 Å². The number of anilines is 1. The lowest BCUT2D eigenvalue weighted by Crippen LogP contribution is -2.42. The minimum absolute atomic E-state index is 0.0132. The van der Waals surface area contributed by atoms with E-state index in [0.717, 1.165) is 34.7 Å². The van der Waals surface area contributed by atoms with Crippen LogP contribution in [0.3, 0.4) is 0 Å². The number of pyridine rings is 1. The van der Waals surface area contributed by atoms with Gasteiger partial charge in [0.2, 0.25) is 0 Å². The average molecular weight is 403 g/mol. The smallest absolute Gasteiger partial charge is 0.265 e. The molecule has 0 radical (unpaired) electrons. The third-order valence-electron chi connectivity index (χ3n) is 5.07. The van der Waals surface area contributed by atoms with E-state index in [1.165, 1.54) is 5.56 Å². The van der Waals surface area contributed by atoms with Crippen LogP contribution in [0.5, 0.6) is 5.75 Å². The number of nitrogens with zero attached hydrogens (tertiary/aromatic N) is 3. The van der Waals surface area contributed by atoms with E-state index in [0.29, 0.717) is 19.6 Å². The number of nitrogens with one attached hydrogen (secondary N) is 2. The molecule has 0 fully saturated rings. The first-order chi connectivity index (χ1) is 14.8. The Balaban J connectivity index is 1.29. The van der Waals surface area contributed by atoms with Crippen LogP contribution in [-0.2, 0) is 11.3 Å². The van der Waals surface area contributed by atoms with Crippen LogP contribution in [0.15, 0.2) is 65.8 Å². The number of amides is 1. The fourth-order valence-corrected chi connectivity index (χ4v) is 3.55. The van der Waals surface area contributed by atoms with E-state index in [1.54, 1.807) is 11.9 Å². The molecule has 0 atom stereocenters. The van der Waals surface area contributed by atoms with Gasteiger partial charge in [0, 0.05) is 38.3 Å². The summed E-state index contributed by atoms with van der Waals surface area (Å²) in [5, 5.41) is 7.80. The van der Waals surface area contributed by atoms with Gasteiger partial charge in [-0.05, 0) is 36.2 Å². The highest BCUT2D eigenvalue weighted by molar-refractivity contribution is 5.97. The minimum atomic E-state index is -0.0132. The number of ether oxygens (including phenoxy) is 1. The lowest BCUT2D eigenvalue weighted by Gasteiger charge is -2.29. The third kappa shape index (κ3) is 4.35. The molecule has 0 saturated heterocycles. The van der Waals surface area contributed by atoms with Gasteiger partial charge in [-0.25, -0.2) is 0 Å². The topological polar surface area (TPSA) is 78.9 Å². The minimum Gasteiger partial charge on any atom is -0.482 e. The third-order valence-corrected chi connectivity index (χ3v) is 5.07. The number of guanidine groups is 1. The number of carbonyl (C=O) groups excluding carboxylic acids is 1. The molecule has 0 saturated carbocycles. The Kier molecular flexibility index (Phi) is 6.08. The van der Waals surface area contributed by atoms with Gasteiger partial charge in [0.25, 0.3) is 5.91 Å². The second kappa shape index (κ2) is 9.26. The Morgan fingerprint density at radius 3 is 2.87 bits per heavy atom. The zero-order valence-electron chi connectivity index (χ0n) is 17.0. The molecule has 1 aromatic heterocycles. The van der Waals surface area contributed by atoms with Crippen molar-refractivity contribution in [3.63, 3.8) is 0 Å². The number of benzene rings is 2. The number of aromatic nitrogens is 1. The number of hydrogen-bond acceptors (Lipinski definition) is 4. The van der Waals surface area contributed by atoms with Gasteiger partial charge in [-0.15, -0.1) is 0 Å². The van der Waals surface area contributed by atoms with Gasteiger partial charge < -0.3 is 20.3 Å². The molecule has 0 bridgehead atoms. The monoisotopic (exact) mass is 403 g/mol. The van der Waals surface area contributed by atoms with Crippen LogP contribution in [0.4, 0.5) is 5.69 Å². The molecule has 7 heteroatoms. The first-order valence-electron chi connectivity index (χ1n) is 10.1. The first-order valence-corrected chi connectivity index (χ1v) is 10.1. The quantitative estimate of drug-likeness (QED) is 0.376. The zero-order valence-corrected chi connectivity index (χ0v) is 17.0. The molecule has 0 spiro atoms. The second-order valence-corrected chi connectivity index (χ2v) is 7.00. The Morgan fingerprint density at radius 2 is 1.97 bits per heavy atom. The summed E-state index contributed by atoms with van der Waals surface area (Å²) in [6, 6.07) is 17.8. The van der Waals surface area contributed by atoms with Crippen molar-refractivity contribution in [2.75, 3.05) is 31.6 Å². The van der Waals surface area contributed by atoms with Crippen molar-refractivity contribution >= 4 is 28.5 Å². The molecule has 2 heterocycles. The number of rotatable bonds is 6. The van der Waals surface area contributed by atoms with Crippen LogP contribution < -0.4 is 20.3 Å². The van der Waals surface area contributed by atoms with Crippen LogP contribution in [0.25, 0.3) is 10.9 Å². The molecule has 1 amide bonds. The molecular formula is C23H25N5O2. The standard InChI is InChI=1S/C23H25N5O2/c1-24-23(27-15-17-11-13-25-19-8-3-2-7-18(17)19)26-12-6-14-28-20-9-4-5-10-21(20)30-16-22(28)29/h2-5,7-11,13H,6,12,14-16H2,1H3,(H2,24,26,27). The molecular weight excluding hydrogens is 378 g/mol. The molecule has 4 rings (SSSR count). The summed E-state index contributed by atoms with van der Waals surface area (Å²) in [7, 11) is 1.75. The predicted molar refractivity (Wildman–Crippen MR) is 119 cm³/mol. The molecule has 7 nitrogen and oxygen atoms in total. The number of carbonyl (C=O) groups is 1. The fourth-order valence-electron chi connectivity index (χ4n) is 3.55. The van der Waals surface area contributed by atoms with E-state index in [-0.39, 0.29) is 12.5 Å². The summed E-state index contributed by atoms with van der Waals surface area (Å²) < 4.78 is 5.49. The molecule has 1 aliphatic rings. The van der Waals surface area contributed by atoms with Crippen molar-refractivity contribution in [3.8, 4) is 5.75 Å². The van der Waals surface area contributed by atoms with E-state index < -0.39 is 0 Å². The van der Waals surface area contributed by atoms with E-state index in [1.807, 2.05) is 54.7 Å². The fraction of sp³-hybridized carbons (Fsp3) is 0.261. The lowest BCUT2D eigenvalue weighted by molar-refractivity contribution is -0.121. The Labute approximate surface area is 175 Å². The summed E-state index contributed by atoms with van der Waals surface area (Å²) in [6.45, 7) is 2.06. The first kappa shape index (κ1) is 19.7. The second-order valence-electron chi connectivity index (χ2n) is 7.00. The van der Waals surface area contributed by atoms with Crippen molar-refractivity contribution in [1.29, 1.82) is 0 Å². The van der Waals surface area contributed by atoms with Gasteiger partial charge in [0.15, 0.2) is 12.6 Å². The van der Waals surface area contributed by atoms with Crippen molar-refractivity contribution < 1.29 is 9.53 Å². The van der Waals surface area contributed by atoms with Crippen molar-refractivity contribution in [2.45, 2.75) is 13.0 Å². The molecule has 30 heavy (non-hydrogen) atoms. The highest BCUT2D eigenvalue weighted by atomic mass is 16.5. The summed E-state index contributed by atoms with van der Waals surface area (Å²) in [6.07, 6.45) is 2.62. The highest BCUT2D eigenvalue weighted by Crippen LogP contribution is 2.31. The number of aliphatic imine (C=N–C) groups is 1. The predicted octanol–water partition coefficient (Wildman–Crippen LogP) is 2.72. The van der Waals surface area contributed by atoms with E-state index in [2.05, 4.69) is 26.7 Å². The molecule has 2 aromatic carbocycles. The Hall–Kier alpha value is -3.61. The van der Waals surface area contributed by atoms with Gasteiger partial charge in [0.1, 0.15) is 5.75 Å². The van der Waals surface area contributed by atoms with Crippen LogP contribution >= 0.6 is 0 Å². The SMILES string of the molecule is CN=C(NCCCN1C(=O)COc2ccccc21)NCc1ccnc2ccccc12. The van der Waals surface area contributed by atoms with Crippen molar-refractivity contribution in [1.82, 2.24) is 15.6 Å². The summed E-state index contributed by atoms with van der Waals surface area (Å²) in [5.74, 6) is 1.47. The molecule has 0 aliphatic carbocycles. The van der Waals surface area contributed by atoms with Gasteiger partial charge in [0.05, 0.1) is 11.2 Å². The lowest BCUT2D eigenvalue weighted by atomic mass is 10.1. The van der Waals surface area contributed by atoms with Crippen LogP contribution in [0.2, 0.25) is 0 Å². The number of para-hydroxylation sites is 3. The Morgan fingerprint density at radius 1 is 1.13 bits per heavy atom. The van der Waals surface area contributed by atoms with Crippen LogP contribution in [0.1, 0.15) is 12.0 Å². The summed E-state index contributed by atoms with van der Waals surface area (Å²) in [4.78, 5) is 22.7. The van der Waals surface area contributed by atoms with Gasteiger partial charge in [-0.1, -0.05) is 30.3 Å². The molecule has 0 unspecified atom stereocenters. The molecule has 2 N–H and O–H groups in total. The maximum absolute atomic E-state index is 12.2. The van der Waals surface area contributed by atoms with E-state index >= 15 is 0 Å². The molecule has 1 aliphatic heterocycles. The Bertz CT molecular complexity index is 1060. The summed E-state index contributed by atoms with van der Waals surface area (Å²) >= 11 is 0. The van der Waals surface area contributed by atoms with E-state index in [9.17, 15) is 4.79 Å². The van der Waals surface area contributed by atoms with Gasteiger partial charge >= 0.3 is 0 Å². The van der Waals surface area contributed by atoms with Crippen molar-refractivity contribution in [3.05, 3.63) is 66.4 Å². The average Bonchev–Trinajstić information content (AvgIpc) is 2.79. The van der Waals surface area contributed by atoms with Crippen LogP contribution in [0, 0.1) is 0 Å². The van der Waals surface area contributed by atoms with Gasteiger partial charge in [-0.3, -0.25) is 14.8 Å². The maximum atomic E-state index is 12.2. The summed E-state index contributed by atoms with van der Waals surface area (Å²) in [5.41, 5.74) is 2.98. The molecule has 3 aromatic rings. The maximum Gasteiger partial charge on any atom is 0.265 e. The van der Waals surface area contributed by atoms with Gasteiger partial charge in [-0.2, -0.15) is 0 Å². The number of hydrogen-bond donors (Lipinski definition) is 2. The highest BCUT2D eigenvalue weighted by Gasteiger charge is 2.24. The molecule has 154 valence electrons. The van der Waals surface area contributed by atoms with Crippen molar-refractivity contribution in [2.24, 2.45) is 4.99 Å².